The molecule has 8 nitrogen and oxygen atoms in total. The molecule has 2 saturated heterocycles. The number of nitrogens with one attached hydrogen (secondary N) is 2. The second kappa shape index (κ2) is 10.8. The van der Waals surface area contributed by atoms with E-state index in [-0.39, 0.29) is 23.8 Å². The highest BCUT2D eigenvalue weighted by Crippen LogP contribution is 2.55. The SMILES string of the molecule is CC(C)c1ccc(NC(=O)[C@@H]2[C@@H]3C=C[C@]4(O3)[C@@H]2C(=O)N(CCCN(C)C)[C@@H]4C(=O)NC2CCCCC2)cc1. The molecule has 1 spiro atoms. The fourth-order valence-corrected chi connectivity index (χ4v) is 6.77. The first-order chi connectivity index (χ1) is 18.2. The summed E-state index contributed by atoms with van der Waals surface area (Å²) >= 11 is 0. The van der Waals surface area contributed by atoms with Crippen LogP contribution in [-0.4, -0.2) is 78.5 Å². The predicted molar refractivity (Wildman–Crippen MR) is 147 cm³/mol. The maximum absolute atomic E-state index is 14.0. The molecule has 3 fully saturated rings. The maximum atomic E-state index is 14.0. The standard InChI is InChI=1S/C30H42N4O4/c1-19(2)20-11-13-22(14-12-20)31-27(35)24-23-15-16-30(38-23)25(24)29(37)34(18-8-17-33(3)4)26(30)28(36)32-21-9-6-5-7-10-21/h11-16,19,21,23-26H,5-10,17-18H2,1-4H3,(H,31,35)(H,32,36)/t23-,24+,25-,26+,30-/m0/s1. The molecule has 1 aromatic carbocycles. The van der Waals surface area contributed by atoms with Gasteiger partial charge in [0.05, 0.1) is 17.9 Å². The molecule has 8 heteroatoms. The van der Waals surface area contributed by atoms with Crippen LogP contribution >= 0.6 is 0 Å². The third-order valence-corrected chi connectivity index (χ3v) is 8.73. The largest absolute Gasteiger partial charge is 0.359 e. The van der Waals surface area contributed by atoms with Crippen molar-refractivity contribution in [2.24, 2.45) is 11.8 Å². The first-order valence-corrected chi connectivity index (χ1v) is 14.2. The smallest absolute Gasteiger partial charge is 0.246 e. The molecule has 3 heterocycles. The molecule has 5 atom stereocenters. The van der Waals surface area contributed by atoms with Gasteiger partial charge in [-0.15, -0.1) is 0 Å². The third kappa shape index (κ3) is 4.89. The number of carbonyl (C=O) groups is 3. The quantitative estimate of drug-likeness (QED) is 0.486. The zero-order chi connectivity index (χ0) is 27.0. The Kier molecular flexibility index (Phi) is 7.65. The van der Waals surface area contributed by atoms with E-state index in [2.05, 4.69) is 29.4 Å². The molecule has 206 valence electrons. The van der Waals surface area contributed by atoms with E-state index >= 15 is 0 Å². The van der Waals surface area contributed by atoms with Gasteiger partial charge in [0.25, 0.3) is 0 Å². The lowest BCUT2D eigenvalue weighted by molar-refractivity contribution is -0.141. The molecule has 2 N–H and O–H groups in total. The average molecular weight is 523 g/mol. The molecule has 1 aromatic rings. The lowest BCUT2D eigenvalue weighted by atomic mass is 9.74. The van der Waals surface area contributed by atoms with Crippen LogP contribution in [0.2, 0.25) is 0 Å². The number of benzene rings is 1. The Bertz CT molecular complexity index is 1080. The zero-order valence-electron chi connectivity index (χ0n) is 23.1. The maximum Gasteiger partial charge on any atom is 0.246 e. The molecule has 3 aliphatic heterocycles. The van der Waals surface area contributed by atoms with Crippen LogP contribution in [0.4, 0.5) is 5.69 Å². The highest BCUT2D eigenvalue weighted by Gasteiger charge is 2.72. The van der Waals surface area contributed by atoms with Crippen LogP contribution in [0.15, 0.2) is 36.4 Å². The Morgan fingerprint density at radius 1 is 1.11 bits per heavy atom. The summed E-state index contributed by atoms with van der Waals surface area (Å²) in [6.45, 7) is 5.50. The van der Waals surface area contributed by atoms with E-state index in [0.717, 1.165) is 38.6 Å². The van der Waals surface area contributed by atoms with Gasteiger partial charge in [-0.3, -0.25) is 14.4 Å². The van der Waals surface area contributed by atoms with Crippen molar-refractivity contribution in [2.75, 3.05) is 32.5 Å². The first-order valence-electron chi connectivity index (χ1n) is 14.2. The van der Waals surface area contributed by atoms with Crippen LogP contribution in [-0.2, 0) is 19.1 Å². The fraction of sp³-hybridized carbons (Fsp3) is 0.633. The van der Waals surface area contributed by atoms with Gasteiger partial charge in [-0.1, -0.05) is 57.4 Å². The molecule has 5 rings (SSSR count). The van der Waals surface area contributed by atoms with Gasteiger partial charge in [0.2, 0.25) is 17.7 Å². The summed E-state index contributed by atoms with van der Waals surface area (Å²) in [5.41, 5.74) is 0.779. The van der Waals surface area contributed by atoms with Gasteiger partial charge < -0.3 is 25.2 Å². The van der Waals surface area contributed by atoms with E-state index in [1.165, 1.54) is 12.0 Å². The van der Waals surface area contributed by atoms with Gasteiger partial charge in [-0.2, -0.15) is 0 Å². The van der Waals surface area contributed by atoms with E-state index < -0.39 is 29.6 Å². The van der Waals surface area contributed by atoms with Crippen LogP contribution in [0.25, 0.3) is 0 Å². The highest BCUT2D eigenvalue weighted by molar-refractivity contribution is 6.02. The number of hydrogen-bond acceptors (Lipinski definition) is 5. The molecular weight excluding hydrogens is 480 g/mol. The van der Waals surface area contributed by atoms with Crippen molar-refractivity contribution in [1.82, 2.24) is 15.1 Å². The molecule has 0 radical (unpaired) electrons. The average Bonchev–Trinajstić information content (AvgIpc) is 3.52. The topological polar surface area (TPSA) is 91.0 Å². The third-order valence-electron chi connectivity index (χ3n) is 8.73. The number of fused-ring (bicyclic) bond motifs is 1. The van der Waals surface area contributed by atoms with Crippen molar-refractivity contribution in [3.8, 4) is 0 Å². The summed E-state index contributed by atoms with van der Waals surface area (Å²) in [5.74, 6) is -1.55. The van der Waals surface area contributed by atoms with Gasteiger partial charge in [0.1, 0.15) is 11.6 Å². The first kappa shape index (κ1) is 26.9. The molecule has 0 unspecified atom stereocenters. The number of anilines is 1. The normalized spacial score (nSPS) is 30.4. The van der Waals surface area contributed by atoms with Crippen LogP contribution in [0.1, 0.15) is 63.9 Å². The molecule has 2 bridgehead atoms. The molecule has 38 heavy (non-hydrogen) atoms. The molecule has 0 aromatic heterocycles. The number of ether oxygens (including phenoxy) is 1. The van der Waals surface area contributed by atoms with Gasteiger partial charge >= 0.3 is 0 Å². The monoisotopic (exact) mass is 522 g/mol. The Morgan fingerprint density at radius 3 is 2.47 bits per heavy atom. The van der Waals surface area contributed by atoms with E-state index in [0.29, 0.717) is 18.2 Å². The molecule has 1 aliphatic carbocycles. The number of hydrogen-bond donors (Lipinski definition) is 2. The Hall–Kier alpha value is -2.71. The summed E-state index contributed by atoms with van der Waals surface area (Å²) in [5, 5.41) is 6.26. The minimum atomic E-state index is -1.11. The second-order valence-corrected chi connectivity index (χ2v) is 12.0. The number of carbonyl (C=O) groups excluding carboxylic acids is 3. The molecule has 3 amide bonds. The Morgan fingerprint density at radius 2 is 1.82 bits per heavy atom. The van der Waals surface area contributed by atoms with Crippen molar-refractivity contribution >= 4 is 23.4 Å². The van der Waals surface area contributed by atoms with Gasteiger partial charge in [-0.25, -0.2) is 0 Å². The number of nitrogens with zero attached hydrogens (tertiary/aromatic N) is 2. The molecule has 1 saturated carbocycles. The summed E-state index contributed by atoms with van der Waals surface area (Å²) in [6.07, 6.45) is 9.31. The van der Waals surface area contributed by atoms with Crippen molar-refractivity contribution in [3.63, 3.8) is 0 Å². The van der Waals surface area contributed by atoms with Crippen molar-refractivity contribution in [3.05, 3.63) is 42.0 Å². The highest BCUT2D eigenvalue weighted by atomic mass is 16.5. The van der Waals surface area contributed by atoms with E-state index in [4.69, 9.17) is 4.74 Å². The Balaban J connectivity index is 1.39. The predicted octanol–water partition coefficient (Wildman–Crippen LogP) is 3.30. The van der Waals surface area contributed by atoms with Crippen molar-refractivity contribution in [2.45, 2.75) is 82.1 Å². The minimum Gasteiger partial charge on any atom is -0.359 e. The number of likely N-dealkylation sites (tertiary alicyclic amines) is 1. The summed E-state index contributed by atoms with van der Waals surface area (Å²) < 4.78 is 6.45. The van der Waals surface area contributed by atoms with Crippen LogP contribution in [0, 0.1) is 11.8 Å². The van der Waals surface area contributed by atoms with Gasteiger partial charge in [-0.05, 0) is 63.5 Å². The van der Waals surface area contributed by atoms with Crippen LogP contribution in [0.5, 0.6) is 0 Å². The van der Waals surface area contributed by atoms with E-state index in [9.17, 15) is 14.4 Å². The van der Waals surface area contributed by atoms with Gasteiger partial charge in [0, 0.05) is 18.3 Å². The molecular formula is C30H42N4O4. The summed E-state index contributed by atoms with van der Waals surface area (Å²) in [6, 6.07) is 7.18. The zero-order valence-corrected chi connectivity index (χ0v) is 23.1. The van der Waals surface area contributed by atoms with Crippen molar-refractivity contribution in [1.29, 1.82) is 0 Å². The second-order valence-electron chi connectivity index (χ2n) is 12.0. The Labute approximate surface area is 226 Å². The molecule has 4 aliphatic rings. The number of amides is 3. The lowest BCUT2D eigenvalue weighted by Crippen LogP contribution is -2.56. The fourth-order valence-electron chi connectivity index (χ4n) is 6.77. The number of rotatable bonds is 9. The van der Waals surface area contributed by atoms with E-state index in [1.807, 2.05) is 50.5 Å². The van der Waals surface area contributed by atoms with Crippen LogP contribution in [0.3, 0.4) is 0 Å². The van der Waals surface area contributed by atoms with Crippen molar-refractivity contribution < 1.29 is 19.1 Å². The summed E-state index contributed by atoms with van der Waals surface area (Å²) in [7, 11) is 3.99. The summed E-state index contributed by atoms with van der Waals surface area (Å²) in [4.78, 5) is 45.2. The van der Waals surface area contributed by atoms with Gasteiger partial charge in [0.15, 0.2) is 0 Å². The lowest BCUT2D eigenvalue weighted by Gasteiger charge is -2.34. The van der Waals surface area contributed by atoms with Crippen LogP contribution < -0.4 is 10.6 Å². The minimum absolute atomic E-state index is 0.126. The van der Waals surface area contributed by atoms with E-state index in [1.54, 1.807) is 4.90 Å².